The molecule has 0 unspecified atom stereocenters. The molecule has 0 bridgehead atoms. The molecule has 1 amide bonds. The largest absolute Gasteiger partial charge is 0.356 e. The van der Waals surface area contributed by atoms with Gasteiger partial charge in [-0.15, -0.1) is 24.0 Å². The number of guanidine groups is 1. The second kappa shape index (κ2) is 13.5. The zero-order valence-corrected chi connectivity index (χ0v) is 21.9. The van der Waals surface area contributed by atoms with Gasteiger partial charge in [0.2, 0.25) is 5.91 Å². The Hall–Kier alpha value is -1.06. The van der Waals surface area contributed by atoms with Gasteiger partial charge in [0.05, 0.1) is 6.42 Å². The summed E-state index contributed by atoms with van der Waals surface area (Å²) >= 11 is 6.03. The fraction of sp³-hybridized carbons (Fsp3) is 0.652. The molecule has 0 aliphatic carbocycles. The number of likely N-dealkylation sites (tertiary alicyclic amines) is 1. The van der Waals surface area contributed by atoms with Gasteiger partial charge in [0.25, 0.3) is 0 Å². The van der Waals surface area contributed by atoms with Crippen LogP contribution >= 0.6 is 35.6 Å². The van der Waals surface area contributed by atoms with Crippen LogP contribution in [0, 0.1) is 5.92 Å². The Morgan fingerprint density at radius 1 is 1.13 bits per heavy atom. The maximum absolute atomic E-state index is 12.6. The Labute approximate surface area is 209 Å². The quantitative estimate of drug-likeness (QED) is 0.329. The maximum atomic E-state index is 12.6. The summed E-state index contributed by atoms with van der Waals surface area (Å²) < 4.78 is 0. The highest BCUT2D eigenvalue weighted by atomic mass is 127. The fourth-order valence-electron chi connectivity index (χ4n) is 4.41. The minimum absolute atomic E-state index is 0. The number of aliphatic imine (C=N–C) groups is 1. The van der Waals surface area contributed by atoms with Crippen LogP contribution in [-0.2, 0) is 11.2 Å². The summed E-state index contributed by atoms with van der Waals surface area (Å²) in [5, 5.41) is 4.22. The molecule has 6 nitrogen and oxygen atoms in total. The summed E-state index contributed by atoms with van der Waals surface area (Å²) in [4.78, 5) is 23.9. The van der Waals surface area contributed by atoms with Crippen molar-refractivity contribution in [1.29, 1.82) is 0 Å². The van der Waals surface area contributed by atoms with Crippen molar-refractivity contribution in [2.45, 2.75) is 32.6 Å². The first-order valence-electron chi connectivity index (χ1n) is 11.3. The Kier molecular flexibility index (Phi) is 11.4. The predicted octanol–water partition coefficient (Wildman–Crippen LogP) is 3.34. The Morgan fingerprint density at radius 2 is 1.81 bits per heavy atom. The number of amides is 1. The average Bonchev–Trinajstić information content (AvgIpc) is 2.77. The van der Waals surface area contributed by atoms with Crippen LogP contribution in [0.1, 0.15) is 31.7 Å². The van der Waals surface area contributed by atoms with Crippen LogP contribution < -0.4 is 5.32 Å². The number of nitrogens with one attached hydrogen (secondary N) is 1. The van der Waals surface area contributed by atoms with Crippen LogP contribution in [0.3, 0.4) is 0 Å². The number of hydrogen-bond donors (Lipinski definition) is 1. The van der Waals surface area contributed by atoms with E-state index >= 15 is 0 Å². The molecule has 0 saturated carbocycles. The molecule has 2 aliphatic rings. The summed E-state index contributed by atoms with van der Waals surface area (Å²) in [5.74, 6) is 1.94. The molecular formula is C23H37ClIN5O. The number of nitrogens with zero attached hydrogens (tertiary/aromatic N) is 4. The number of benzene rings is 1. The topological polar surface area (TPSA) is 51.2 Å². The lowest BCUT2D eigenvalue weighted by molar-refractivity contribution is -0.131. The molecule has 0 spiro atoms. The molecule has 2 fully saturated rings. The van der Waals surface area contributed by atoms with Gasteiger partial charge >= 0.3 is 0 Å². The second-order valence-corrected chi connectivity index (χ2v) is 8.75. The van der Waals surface area contributed by atoms with E-state index in [1.807, 2.05) is 36.2 Å². The number of piperidine rings is 1. The van der Waals surface area contributed by atoms with Crippen molar-refractivity contribution in [3.63, 3.8) is 0 Å². The third kappa shape index (κ3) is 8.09. The highest BCUT2D eigenvalue weighted by Crippen LogP contribution is 2.19. The van der Waals surface area contributed by atoms with E-state index < -0.39 is 0 Å². The number of carbonyl (C=O) groups excluding carboxylic acids is 1. The first kappa shape index (κ1) is 26.2. The van der Waals surface area contributed by atoms with Crippen molar-refractivity contribution < 1.29 is 4.79 Å². The van der Waals surface area contributed by atoms with Gasteiger partial charge in [-0.05, 0) is 62.5 Å². The molecule has 0 radical (unpaired) electrons. The number of piperazine rings is 1. The smallest absolute Gasteiger partial charge is 0.227 e. The van der Waals surface area contributed by atoms with E-state index in [9.17, 15) is 4.79 Å². The van der Waals surface area contributed by atoms with E-state index in [0.29, 0.717) is 11.4 Å². The van der Waals surface area contributed by atoms with Crippen LogP contribution in [0.5, 0.6) is 0 Å². The van der Waals surface area contributed by atoms with Gasteiger partial charge in [-0.1, -0.05) is 30.7 Å². The van der Waals surface area contributed by atoms with Gasteiger partial charge in [-0.2, -0.15) is 0 Å². The first-order chi connectivity index (χ1) is 14.6. The Bertz CT molecular complexity index is 716. The van der Waals surface area contributed by atoms with Crippen molar-refractivity contribution in [1.82, 2.24) is 20.0 Å². The number of rotatable bonds is 6. The normalized spacial score (nSPS) is 18.6. The highest BCUT2D eigenvalue weighted by molar-refractivity contribution is 14.0. The third-order valence-corrected chi connectivity index (χ3v) is 6.61. The summed E-state index contributed by atoms with van der Waals surface area (Å²) in [6.45, 7) is 9.96. The van der Waals surface area contributed by atoms with Crippen LogP contribution in [-0.4, -0.2) is 86.0 Å². The molecule has 1 aromatic rings. The Morgan fingerprint density at radius 3 is 2.42 bits per heavy atom. The molecule has 2 heterocycles. The van der Waals surface area contributed by atoms with Gasteiger partial charge < -0.3 is 20.0 Å². The fourth-order valence-corrected chi connectivity index (χ4v) is 4.63. The molecule has 2 saturated heterocycles. The van der Waals surface area contributed by atoms with Gasteiger partial charge in [0.15, 0.2) is 5.96 Å². The lowest BCUT2D eigenvalue weighted by atomic mass is 9.93. The van der Waals surface area contributed by atoms with Gasteiger partial charge in [0, 0.05) is 44.8 Å². The van der Waals surface area contributed by atoms with E-state index in [4.69, 9.17) is 11.6 Å². The molecular weight excluding hydrogens is 525 g/mol. The molecule has 1 N–H and O–H groups in total. The summed E-state index contributed by atoms with van der Waals surface area (Å²) in [6.07, 6.45) is 4.22. The summed E-state index contributed by atoms with van der Waals surface area (Å²) in [6, 6.07) is 7.55. The van der Waals surface area contributed by atoms with E-state index in [2.05, 4.69) is 27.0 Å². The number of hydrogen-bond acceptors (Lipinski definition) is 3. The van der Waals surface area contributed by atoms with E-state index in [1.54, 1.807) is 0 Å². The van der Waals surface area contributed by atoms with Crippen LogP contribution in [0.2, 0.25) is 5.02 Å². The van der Waals surface area contributed by atoms with Crippen LogP contribution in [0.25, 0.3) is 0 Å². The monoisotopic (exact) mass is 561 g/mol. The highest BCUT2D eigenvalue weighted by Gasteiger charge is 2.23. The van der Waals surface area contributed by atoms with Crippen molar-refractivity contribution in [2.24, 2.45) is 10.9 Å². The molecule has 31 heavy (non-hydrogen) atoms. The Balaban J connectivity index is 0.00000341. The second-order valence-electron chi connectivity index (χ2n) is 8.31. The maximum Gasteiger partial charge on any atom is 0.227 e. The van der Waals surface area contributed by atoms with Gasteiger partial charge in [0.1, 0.15) is 0 Å². The molecule has 3 rings (SSSR count). The van der Waals surface area contributed by atoms with Crippen molar-refractivity contribution in [2.75, 3.05) is 59.4 Å². The molecule has 2 aliphatic heterocycles. The zero-order chi connectivity index (χ0) is 21.3. The standard InChI is InChI=1S/C23H36ClN5O.HI/c1-3-27-11-8-19(9-12-27)7-10-26-23(25-2)29-15-13-28(14-16-29)22(30)18-20-5-4-6-21(24)17-20;/h4-6,17,19H,3,7-16,18H2,1-2H3,(H,25,26);1H. The van der Waals surface area contributed by atoms with Crippen molar-refractivity contribution in [3.8, 4) is 0 Å². The van der Waals surface area contributed by atoms with E-state index in [-0.39, 0.29) is 29.9 Å². The lowest BCUT2D eigenvalue weighted by Gasteiger charge is -2.37. The molecule has 0 atom stereocenters. The predicted molar refractivity (Wildman–Crippen MR) is 140 cm³/mol. The number of carbonyl (C=O) groups is 1. The van der Waals surface area contributed by atoms with Crippen molar-refractivity contribution >= 4 is 47.4 Å². The van der Waals surface area contributed by atoms with E-state index in [1.165, 1.54) is 38.9 Å². The molecule has 174 valence electrons. The van der Waals surface area contributed by atoms with Gasteiger partial charge in [-0.25, -0.2) is 0 Å². The third-order valence-electron chi connectivity index (χ3n) is 6.38. The SMILES string of the molecule is CCN1CCC(CCNC(=NC)N2CCN(C(=O)Cc3cccc(Cl)c3)CC2)CC1.I. The average molecular weight is 562 g/mol. The summed E-state index contributed by atoms with van der Waals surface area (Å²) in [5.41, 5.74) is 0.970. The molecule has 8 heteroatoms. The first-order valence-corrected chi connectivity index (χ1v) is 11.7. The van der Waals surface area contributed by atoms with Crippen molar-refractivity contribution in [3.05, 3.63) is 34.9 Å². The van der Waals surface area contributed by atoms with E-state index in [0.717, 1.165) is 50.2 Å². The van der Waals surface area contributed by atoms with Crippen LogP contribution in [0.4, 0.5) is 0 Å². The minimum atomic E-state index is 0. The lowest BCUT2D eigenvalue weighted by Crippen LogP contribution is -2.54. The minimum Gasteiger partial charge on any atom is -0.356 e. The molecule has 1 aromatic carbocycles. The van der Waals surface area contributed by atoms with Gasteiger partial charge in [-0.3, -0.25) is 9.79 Å². The number of halogens is 2. The zero-order valence-electron chi connectivity index (χ0n) is 18.9. The summed E-state index contributed by atoms with van der Waals surface area (Å²) in [7, 11) is 1.85. The van der Waals surface area contributed by atoms with Crippen LogP contribution in [0.15, 0.2) is 29.3 Å². The molecule has 0 aromatic heterocycles.